The molecule has 1 unspecified atom stereocenters. The lowest BCUT2D eigenvalue weighted by Gasteiger charge is -2.10. The first-order chi connectivity index (χ1) is 8.06. The molecule has 0 heterocycles. The summed E-state index contributed by atoms with van der Waals surface area (Å²) in [5.41, 5.74) is 6.64. The molecule has 1 aromatic rings. The SMILES string of the molecule is CCS(=O)CC(=O)Nc1cc(N)ccc1OC. The third-order valence-corrected chi connectivity index (χ3v) is 3.34. The second kappa shape index (κ2) is 6.24. The zero-order chi connectivity index (χ0) is 12.8. The van der Waals surface area contributed by atoms with Crippen LogP contribution in [0.15, 0.2) is 18.2 Å². The van der Waals surface area contributed by atoms with Crippen LogP contribution in [0.2, 0.25) is 0 Å². The Bertz CT molecular complexity index is 435. The molecule has 0 radical (unpaired) electrons. The van der Waals surface area contributed by atoms with Gasteiger partial charge in [-0.25, -0.2) is 0 Å². The number of rotatable bonds is 5. The number of carbonyl (C=O) groups excluding carboxylic acids is 1. The summed E-state index contributed by atoms with van der Waals surface area (Å²) in [5, 5.41) is 2.63. The fourth-order valence-corrected chi connectivity index (χ4v) is 1.83. The molecule has 0 aliphatic carbocycles. The summed E-state index contributed by atoms with van der Waals surface area (Å²) in [6, 6.07) is 4.95. The summed E-state index contributed by atoms with van der Waals surface area (Å²) in [6.07, 6.45) is 0. The van der Waals surface area contributed by atoms with Crippen molar-refractivity contribution < 1.29 is 13.7 Å². The van der Waals surface area contributed by atoms with Gasteiger partial charge in [0.1, 0.15) is 11.5 Å². The van der Waals surface area contributed by atoms with E-state index < -0.39 is 10.8 Å². The Morgan fingerprint density at radius 3 is 2.82 bits per heavy atom. The molecular weight excluding hydrogens is 240 g/mol. The minimum atomic E-state index is -1.13. The van der Waals surface area contributed by atoms with Crippen molar-refractivity contribution in [1.82, 2.24) is 0 Å². The summed E-state index contributed by atoms with van der Waals surface area (Å²) >= 11 is 0. The molecule has 0 aromatic heterocycles. The smallest absolute Gasteiger partial charge is 0.237 e. The maximum atomic E-state index is 11.6. The summed E-state index contributed by atoms with van der Waals surface area (Å²) in [7, 11) is 0.377. The lowest BCUT2D eigenvalue weighted by molar-refractivity contribution is -0.113. The number of benzene rings is 1. The Morgan fingerprint density at radius 2 is 2.24 bits per heavy atom. The highest BCUT2D eigenvalue weighted by molar-refractivity contribution is 7.85. The van der Waals surface area contributed by atoms with Crippen molar-refractivity contribution in [2.24, 2.45) is 0 Å². The van der Waals surface area contributed by atoms with Gasteiger partial charge in [-0.05, 0) is 18.2 Å². The van der Waals surface area contributed by atoms with E-state index in [1.54, 1.807) is 25.1 Å². The van der Waals surface area contributed by atoms with Gasteiger partial charge in [0, 0.05) is 22.2 Å². The number of hydrogen-bond donors (Lipinski definition) is 2. The molecular formula is C11H16N2O3S. The van der Waals surface area contributed by atoms with Crippen LogP contribution >= 0.6 is 0 Å². The molecule has 0 fully saturated rings. The molecule has 0 aliphatic heterocycles. The van der Waals surface area contributed by atoms with E-state index in [0.717, 1.165) is 0 Å². The number of carbonyl (C=O) groups is 1. The predicted octanol–water partition coefficient (Wildman–Crippen LogP) is 0.984. The van der Waals surface area contributed by atoms with Crippen molar-refractivity contribution in [3.63, 3.8) is 0 Å². The molecule has 0 spiro atoms. The van der Waals surface area contributed by atoms with Crippen LogP contribution in [-0.2, 0) is 15.6 Å². The molecule has 6 heteroatoms. The molecule has 3 N–H and O–H groups in total. The number of methoxy groups -OCH3 is 1. The maximum Gasteiger partial charge on any atom is 0.237 e. The van der Waals surface area contributed by atoms with Crippen LogP contribution in [0.3, 0.4) is 0 Å². The van der Waals surface area contributed by atoms with E-state index in [1.165, 1.54) is 7.11 Å². The van der Waals surface area contributed by atoms with E-state index in [2.05, 4.69) is 5.32 Å². The van der Waals surface area contributed by atoms with Gasteiger partial charge >= 0.3 is 0 Å². The quantitative estimate of drug-likeness (QED) is 0.770. The van der Waals surface area contributed by atoms with Crippen molar-refractivity contribution in [3.05, 3.63) is 18.2 Å². The monoisotopic (exact) mass is 256 g/mol. The second-order valence-corrected chi connectivity index (χ2v) is 5.13. The van der Waals surface area contributed by atoms with E-state index in [0.29, 0.717) is 22.9 Å². The third kappa shape index (κ3) is 4.07. The van der Waals surface area contributed by atoms with Gasteiger partial charge in [0.25, 0.3) is 0 Å². The highest BCUT2D eigenvalue weighted by Gasteiger charge is 2.10. The van der Waals surface area contributed by atoms with Crippen molar-refractivity contribution in [1.29, 1.82) is 0 Å². The average molecular weight is 256 g/mol. The minimum absolute atomic E-state index is 0.0194. The highest BCUT2D eigenvalue weighted by Crippen LogP contribution is 2.26. The largest absolute Gasteiger partial charge is 0.495 e. The van der Waals surface area contributed by atoms with Crippen LogP contribution in [0, 0.1) is 0 Å². The molecule has 0 saturated carbocycles. The Kier molecular flexibility index (Phi) is 4.96. The first-order valence-corrected chi connectivity index (χ1v) is 6.64. The number of nitrogens with two attached hydrogens (primary N) is 1. The van der Waals surface area contributed by atoms with E-state index >= 15 is 0 Å². The molecule has 0 aliphatic rings. The van der Waals surface area contributed by atoms with E-state index in [-0.39, 0.29) is 11.7 Å². The number of amides is 1. The molecule has 1 aromatic carbocycles. The fourth-order valence-electron chi connectivity index (χ4n) is 1.26. The second-order valence-electron chi connectivity index (χ2n) is 3.38. The van der Waals surface area contributed by atoms with Gasteiger partial charge < -0.3 is 15.8 Å². The fraction of sp³-hybridized carbons (Fsp3) is 0.364. The highest BCUT2D eigenvalue weighted by atomic mass is 32.2. The third-order valence-electron chi connectivity index (χ3n) is 2.11. The standard InChI is InChI=1S/C11H16N2O3S/c1-3-17(15)7-11(14)13-9-6-8(12)4-5-10(9)16-2/h4-6H,3,7,12H2,1-2H3,(H,13,14). The molecule has 1 rings (SSSR count). The number of ether oxygens (including phenoxy) is 1. The zero-order valence-corrected chi connectivity index (χ0v) is 10.7. The Hall–Kier alpha value is -1.56. The van der Waals surface area contributed by atoms with E-state index in [4.69, 9.17) is 10.5 Å². The molecule has 0 bridgehead atoms. The molecule has 1 amide bonds. The first kappa shape index (κ1) is 13.5. The Labute approximate surface area is 103 Å². The Morgan fingerprint density at radius 1 is 1.53 bits per heavy atom. The average Bonchev–Trinajstić information content (AvgIpc) is 2.29. The topological polar surface area (TPSA) is 81.4 Å². The van der Waals surface area contributed by atoms with Gasteiger partial charge in [0.05, 0.1) is 12.8 Å². The van der Waals surface area contributed by atoms with Crippen LogP contribution in [0.5, 0.6) is 5.75 Å². The van der Waals surface area contributed by atoms with Gasteiger partial charge in [-0.3, -0.25) is 9.00 Å². The predicted molar refractivity (Wildman–Crippen MR) is 69.6 cm³/mol. The first-order valence-electron chi connectivity index (χ1n) is 5.15. The number of nitrogens with one attached hydrogen (secondary N) is 1. The van der Waals surface area contributed by atoms with Gasteiger partial charge in [0.2, 0.25) is 5.91 Å². The molecule has 0 saturated heterocycles. The summed E-state index contributed by atoms with van der Waals surface area (Å²) in [5.74, 6) is 0.652. The van der Waals surface area contributed by atoms with Crippen molar-refractivity contribution in [2.45, 2.75) is 6.92 Å². The molecule has 5 nitrogen and oxygen atoms in total. The van der Waals surface area contributed by atoms with Gasteiger partial charge in [0.15, 0.2) is 0 Å². The van der Waals surface area contributed by atoms with Crippen LogP contribution in [0.1, 0.15) is 6.92 Å². The molecule has 1 atom stereocenters. The lowest BCUT2D eigenvalue weighted by Crippen LogP contribution is -2.20. The van der Waals surface area contributed by atoms with Crippen molar-refractivity contribution in [2.75, 3.05) is 29.7 Å². The summed E-state index contributed by atoms with van der Waals surface area (Å²) in [6.45, 7) is 1.77. The van der Waals surface area contributed by atoms with Crippen molar-refractivity contribution in [3.8, 4) is 5.75 Å². The van der Waals surface area contributed by atoms with E-state index in [1.807, 2.05) is 0 Å². The van der Waals surface area contributed by atoms with Gasteiger partial charge in [-0.15, -0.1) is 0 Å². The summed E-state index contributed by atoms with van der Waals surface area (Å²) < 4.78 is 16.3. The maximum absolute atomic E-state index is 11.6. The van der Waals surface area contributed by atoms with Crippen LogP contribution < -0.4 is 15.8 Å². The van der Waals surface area contributed by atoms with Crippen LogP contribution in [0.4, 0.5) is 11.4 Å². The molecule has 94 valence electrons. The van der Waals surface area contributed by atoms with Crippen LogP contribution in [-0.4, -0.2) is 28.7 Å². The minimum Gasteiger partial charge on any atom is -0.495 e. The van der Waals surface area contributed by atoms with Gasteiger partial charge in [-0.2, -0.15) is 0 Å². The zero-order valence-electron chi connectivity index (χ0n) is 9.86. The number of hydrogen-bond acceptors (Lipinski definition) is 4. The number of nitrogen functional groups attached to an aromatic ring is 1. The Balaban J connectivity index is 2.76. The van der Waals surface area contributed by atoms with Gasteiger partial charge in [-0.1, -0.05) is 6.92 Å². The number of anilines is 2. The normalized spacial score (nSPS) is 11.9. The lowest BCUT2D eigenvalue weighted by atomic mass is 10.2. The van der Waals surface area contributed by atoms with Crippen molar-refractivity contribution >= 4 is 28.1 Å². The summed E-state index contributed by atoms with van der Waals surface area (Å²) in [4.78, 5) is 11.6. The molecule has 17 heavy (non-hydrogen) atoms. The van der Waals surface area contributed by atoms with E-state index in [9.17, 15) is 9.00 Å². The van der Waals surface area contributed by atoms with Crippen LogP contribution in [0.25, 0.3) is 0 Å².